The molecule has 2 heteroatoms. The van der Waals surface area contributed by atoms with Crippen LogP contribution in [0.4, 0.5) is 0 Å². The van der Waals surface area contributed by atoms with Crippen molar-refractivity contribution >= 4 is 5.78 Å². The van der Waals surface area contributed by atoms with Crippen molar-refractivity contribution in [1.29, 1.82) is 0 Å². The summed E-state index contributed by atoms with van der Waals surface area (Å²) in [6.07, 6.45) is 7.37. The summed E-state index contributed by atoms with van der Waals surface area (Å²) in [6.45, 7) is 6.06. The Morgan fingerprint density at radius 2 is 1.67 bits per heavy atom. The summed E-state index contributed by atoms with van der Waals surface area (Å²) < 4.78 is 5.83. The summed E-state index contributed by atoms with van der Waals surface area (Å²) in [5.74, 6) is 0.312. The Balaban J connectivity index is 2.52. The van der Waals surface area contributed by atoms with E-state index in [1.807, 2.05) is 20.8 Å². The van der Waals surface area contributed by atoms with Crippen molar-refractivity contribution in [3.05, 3.63) is 0 Å². The number of hydrogen-bond acceptors (Lipinski definition) is 2. The van der Waals surface area contributed by atoms with Crippen molar-refractivity contribution in [3.8, 4) is 0 Å². The van der Waals surface area contributed by atoms with Crippen molar-refractivity contribution in [2.45, 2.75) is 77.4 Å². The number of rotatable bonds is 1. The van der Waals surface area contributed by atoms with Crippen LogP contribution in [-0.2, 0) is 9.53 Å². The first-order valence-electron chi connectivity index (χ1n) is 6.19. The van der Waals surface area contributed by atoms with E-state index < -0.39 is 0 Å². The Morgan fingerprint density at radius 1 is 1.07 bits per heavy atom. The molecule has 0 amide bonds. The highest BCUT2D eigenvalue weighted by Gasteiger charge is 2.24. The molecule has 1 atom stereocenters. The fraction of sp³-hybridized carbons (Fsp3) is 0.923. The van der Waals surface area contributed by atoms with Crippen LogP contribution in [0, 0.1) is 0 Å². The molecule has 0 bridgehead atoms. The molecular weight excluding hydrogens is 188 g/mol. The van der Waals surface area contributed by atoms with Gasteiger partial charge in [0, 0.05) is 6.42 Å². The molecule has 1 unspecified atom stereocenters. The van der Waals surface area contributed by atoms with E-state index in [-0.39, 0.29) is 11.7 Å². The highest BCUT2D eigenvalue weighted by Crippen LogP contribution is 2.21. The third-order valence-corrected chi connectivity index (χ3v) is 2.74. The fourth-order valence-corrected chi connectivity index (χ4v) is 2.03. The lowest BCUT2D eigenvalue weighted by molar-refractivity contribution is -0.141. The monoisotopic (exact) mass is 212 g/mol. The van der Waals surface area contributed by atoms with E-state index in [0.29, 0.717) is 12.2 Å². The second-order valence-corrected chi connectivity index (χ2v) is 5.49. The Kier molecular flexibility index (Phi) is 4.78. The molecule has 1 aliphatic carbocycles. The van der Waals surface area contributed by atoms with Crippen molar-refractivity contribution in [2.24, 2.45) is 0 Å². The van der Waals surface area contributed by atoms with Crippen molar-refractivity contribution in [3.63, 3.8) is 0 Å². The molecule has 0 aromatic rings. The van der Waals surface area contributed by atoms with E-state index in [0.717, 1.165) is 19.3 Å². The van der Waals surface area contributed by atoms with Gasteiger partial charge in [0.2, 0.25) is 0 Å². The Hall–Kier alpha value is -0.370. The molecule has 1 aliphatic rings. The molecule has 1 saturated carbocycles. The summed E-state index contributed by atoms with van der Waals surface area (Å²) in [6, 6.07) is 0. The topological polar surface area (TPSA) is 26.3 Å². The molecule has 0 radical (unpaired) electrons. The van der Waals surface area contributed by atoms with Gasteiger partial charge in [0.1, 0.15) is 6.10 Å². The third-order valence-electron chi connectivity index (χ3n) is 2.74. The predicted molar refractivity (Wildman–Crippen MR) is 62.0 cm³/mol. The van der Waals surface area contributed by atoms with Crippen LogP contribution in [0.1, 0.15) is 65.7 Å². The van der Waals surface area contributed by atoms with Gasteiger partial charge in [-0.1, -0.05) is 25.7 Å². The van der Waals surface area contributed by atoms with E-state index >= 15 is 0 Å². The molecule has 0 aromatic carbocycles. The molecule has 1 rings (SSSR count). The number of ether oxygens (including phenoxy) is 1. The quantitative estimate of drug-likeness (QED) is 0.665. The van der Waals surface area contributed by atoms with Crippen molar-refractivity contribution in [1.82, 2.24) is 0 Å². The molecule has 0 heterocycles. The maximum Gasteiger partial charge on any atom is 0.161 e. The average molecular weight is 212 g/mol. The van der Waals surface area contributed by atoms with Gasteiger partial charge < -0.3 is 4.74 Å². The van der Waals surface area contributed by atoms with Gasteiger partial charge in [-0.3, -0.25) is 4.79 Å². The Labute approximate surface area is 93.4 Å². The number of carbonyl (C=O) groups is 1. The van der Waals surface area contributed by atoms with Gasteiger partial charge in [0.25, 0.3) is 0 Å². The molecule has 0 N–H and O–H groups in total. The maximum atomic E-state index is 11.9. The number of ketones is 1. The zero-order valence-corrected chi connectivity index (χ0v) is 10.3. The second-order valence-electron chi connectivity index (χ2n) is 5.49. The first kappa shape index (κ1) is 12.7. The second kappa shape index (κ2) is 5.64. The molecule has 15 heavy (non-hydrogen) atoms. The van der Waals surface area contributed by atoms with Crippen LogP contribution in [0.5, 0.6) is 0 Å². The number of carbonyl (C=O) groups excluding carboxylic acids is 1. The molecule has 0 aliphatic heterocycles. The zero-order chi connectivity index (χ0) is 11.3. The van der Waals surface area contributed by atoms with Crippen LogP contribution in [-0.4, -0.2) is 17.5 Å². The summed E-state index contributed by atoms with van der Waals surface area (Å²) in [4.78, 5) is 11.9. The van der Waals surface area contributed by atoms with Crippen LogP contribution in [0.2, 0.25) is 0 Å². The molecular formula is C13H24O2. The average Bonchev–Trinajstić information content (AvgIpc) is 2.19. The number of hydrogen-bond donors (Lipinski definition) is 0. The number of Topliss-reactive ketones (excluding diaryl/α,β-unsaturated/α-hetero) is 1. The van der Waals surface area contributed by atoms with E-state index in [1.165, 1.54) is 19.3 Å². The Morgan fingerprint density at radius 3 is 2.33 bits per heavy atom. The lowest BCUT2D eigenvalue weighted by Gasteiger charge is -2.26. The minimum absolute atomic E-state index is 0.150. The largest absolute Gasteiger partial charge is 0.365 e. The van der Waals surface area contributed by atoms with Crippen molar-refractivity contribution in [2.75, 3.05) is 0 Å². The van der Waals surface area contributed by atoms with Gasteiger partial charge in [0.05, 0.1) is 5.60 Å². The third kappa shape index (κ3) is 5.31. The van der Waals surface area contributed by atoms with Crippen LogP contribution >= 0.6 is 0 Å². The van der Waals surface area contributed by atoms with Gasteiger partial charge in [-0.2, -0.15) is 0 Å². The molecule has 88 valence electrons. The van der Waals surface area contributed by atoms with Gasteiger partial charge in [0.15, 0.2) is 5.78 Å². The molecule has 2 nitrogen and oxygen atoms in total. The lowest BCUT2D eigenvalue weighted by Crippen LogP contribution is -2.33. The summed E-state index contributed by atoms with van der Waals surface area (Å²) >= 11 is 0. The normalized spacial score (nSPS) is 25.5. The van der Waals surface area contributed by atoms with Gasteiger partial charge in [-0.25, -0.2) is 0 Å². The van der Waals surface area contributed by atoms with Gasteiger partial charge >= 0.3 is 0 Å². The van der Waals surface area contributed by atoms with E-state index in [1.54, 1.807) is 0 Å². The molecule has 0 saturated heterocycles. The standard InChI is InChI=1S/C13H24O2/c1-13(2,3)15-12-10-8-6-4-5-7-9-11(12)14/h12H,4-10H2,1-3H3. The smallest absolute Gasteiger partial charge is 0.161 e. The van der Waals surface area contributed by atoms with Crippen molar-refractivity contribution < 1.29 is 9.53 Å². The maximum absolute atomic E-state index is 11.9. The first-order chi connectivity index (χ1) is 6.99. The fourth-order valence-electron chi connectivity index (χ4n) is 2.03. The highest BCUT2D eigenvalue weighted by atomic mass is 16.5. The van der Waals surface area contributed by atoms with E-state index in [2.05, 4.69) is 0 Å². The molecule has 1 fully saturated rings. The van der Waals surface area contributed by atoms with E-state index in [9.17, 15) is 4.79 Å². The predicted octanol–water partition coefficient (Wildman–Crippen LogP) is 3.48. The van der Waals surface area contributed by atoms with E-state index in [4.69, 9.17) is 4.74 Å². The minimum Gasteiger partial charge on any atom is -0.365 e. The summed E-state index contributed by atoms with van der Waals surface area (Å²) in [5.41, 5.74) is -0.200. The van der Waals surface area contributed by atoms with Gasteiger partial charge in [-0.05, 0) is 33.6 Å². The summed E-state index contributed by atoms with van der Waals surface area (Å²) in [7, 11) is 0. The lowest BCUT2D eigenvalue weighted by atomic mass is 10.0. The first-order valence-corrected chi connectivity index (χ1v) is 6.19. The van der Waals surface area contributed by atoms with Gasteiger partial charge in [-0.15, -0.1) is 0 Å². The Bertz CT molecular complexity index is 203. The van der Waals surface area contributed by atoms with Crippen LogP contribution in [0.3, 0.4) is 0 Å². The van der Waals surface area contributed by atoms with Crippen LogP contribution in [0.15, 0.2) is 0 Å². The zero-order valence-electron chi connectivity index (χ0n) is 10.3. The minimum atomic E-state index is -0.200. The molecule has 0 aromatic heterocycles. The summed E-state index contributed by atoms with van der Waals surface area (Å²) in [5, 5.41) is 0. The SMILES string of the molecule is CC(C)(C)OC1CCCCCCCC1=O. The van der Waals surface area contributed by atoms with Crippen LogP contribution < -0.4 is 0 Å². The molecule has 0 spiro atoms. The van der Waals surface area contributed by atoms with Crippen LogP contribution in [0.25, 0.3) is 0 Å². The highest BCUT2D eigenvalue weighted by molar-refractivity contribution is 5.83.